The Morgan fingerprint density at radius 1 is 0.930 bits per heavy atom. The lowest BCUT2D eigenvalue weighted by Gasteiger charge is -2.13. The van der Waals surface area contributed by atoms with E-state index >= 15 is 0 Å². The number of hydrogen-bond acceptors (Lipinski definition) is 4. The van der Waals surface area contributed by atoms with E-state index in [2.05, 4.69) is 9.57 Å². The van der Waals surface area contributed by atoms with Crippen molar-refractivity contribution in [1.29, 1.82) is 0 Å². The summed E-state index contributed by atoms with van der Waals surface area (Å²) in [6, 6.07) is 30.6. The molecule has 1 aliphatic rings. The summed E-state index contributed by atoms with van der Waals surface area (Å²) in [7, 11) is 0.657. The molecule has 214 valence electrons. The number of para-hydroxylation sites is 1. The number of rotatable bonds is 7. The number of methoxy groups -OCH3 is 1. The minimum atomic E-state index is -0.959. The van der Waals surface area contributed by atoms with Crippen molar-refractivity contribution in [2.24, 2.45) is 9.57 Å². The fraction of sp³-hybridized carbons (Fsp3) is 0.0606. The fourth-order valence-corrected chi connectivity index (χ4v) is 6.28. The van der Waals surface area contributed by atoms with Crippen molar-refractivity contribution >= 4 is 46.2 Å². The molecule has 6 rings (SSSR count). The van der Waals surface area contributed by atoms with Crippen LogP contribution in [0, 0.1) is 5.82 Å². The highest BCUT2D eigenvalue weighted by atomic mass is 35.5. The molecule has 1 aliphatic heterocycles. The zero-order valence-corrected chi connectivity index (χ0v) is 24.5. The van der Waals surface area contributed by atoms with Crippen molar-refractivity contribution in [2.75, 3.05) is 17.9 Å². The molecule has 5 aromatic rings. The minimum Gasteiger partial charge on any atom is -0.497 e. The Labute approximate surface area is 255 Å². The smallest absolute Gasteiger partial charge is 0.266 e. The standard InChI is InChI=1S/C33H25ClFN5O2S/c1-42-29-16-14-23(15-17-29)32-25(21-40(37-32)28-12-7-9-26(34)19-28)20-36-38-43-22-39(27-10-3-2-4-11-27)33(41)31(43)18-24-8-5-6-13-30(24)35/h2-21H,22H2,1H3/b31-18+,36-20+. The van der Waals surface area contributed by atoms with Gasteiger partial charge in [0.1, 0.15) is 17.3 Å². The van der Waals surface area contributed by atoms with Crippen molar-refractivity contribution in [3.05, 3.63) is 136 Å². The zero-order chi connectivity index (χ0) is 29.8. The van der Waals surface area contributed by atoms with E-state index in [1.807, 2.05) is 79.0 Å². The maximum Gasteiger partial charge on any atom is 0.266 e. The van der Waals surface area contributed by atoms with Gasteiger partial charge in [0.15, 0.2) is 0 Å². The summed E-state index contributed by atoms with van der Waals surface area (Å²) < 4.78 is 26.2. The van der Waals surface area contributed by atoms with Gasteiger partial charge in [0, 0.05) is 33.6 Å². The number of anilines is 1. The van der Waals surface area contributed by atoms with Crippen molar-refractivity contribution in [1.82, 2.24) is 9.78 Å². The van der Waals surface area contributed by atoms with Gasteiger partial charge in [-0.1, -0.05) is 54.1 Å². The van der Waals surface area contributed by atoms with Crippen LogP contribution in [0.4, 0.5) is 10.1 Å². The number of ether oxygens (including phenoxy) is 1. The molecule has 1 unspecified atom stereocenters. The van der Waals surface area contributed by atoms with Crippen molar-refractivity contribution < 1.29 is 13.9 Å². The van der Waals surface area contributed by atoms with Gasteiger partial charge >= 0.3 is 0 Å². The minimum absolute atomic E-state index is 0.232. The predicted molar refractivity (Wildman–Crippen MR) is 171 cm³/mol. The molecule has 2 heterocycles. The van der Waals surface area contributed by atoms with Gasteiger partial charge in [0.2, 0.25) is 0 Å². The highest BCUT2D eigenvalue weighted by Crippen LogP contribution is 2.29. The summed E-state index contributed by atoms with van der Waals surface area (Å²) in [4.78, 5) is 15.6. The monoisotopic (exact) mass is 609 g/mol. The van der Waals surface area contributed by atoms with Crippen LogP contribution in [0.3, 0.4) is 0 Å². The number of halogens is 2. The highest BCUT2D eigenvalue weighted by molar-refractivity contribution is 7.93. The molecule has 0 radical (unpaired) electrons. The molecule has 7 nitrogen and oxygen atoms in total. The molecule has 10 heteroatoms. The van der Waals surface area contributed by atoms with Crippen LogP contribution in [-0.4, -0.2) is 34.9 Å². The number of amides is 1. The Morgan fingerprint density at radius 3 is 2.42 bits per heavy atom. The first-order chi connectivity index (χ1) is 21.0. The SMILES string of the molecule is COc1ccc(-c2nn(-c3cccc(Cl)c3)cc2/C=N/N=S2\CN(c3ccccc3)C(=O)\C2=C/c2ccccc2F)cc1. The van der Waals surface area contributed by atoms with E-state index in [0.717, 1.165) is 22.7 Å². The van der Waals surface area contributed by atoms with E-state index in [0.29, 0.717) is 32.6 Å². The average Bonchev–Trinajstić information content (AvgIpc) is 3.60. The molecule has 0 N–H and O–H groups in total. The van der Waals surface area contributed by atoms with E-state index in [4.69, 9.17) is 21.4 Å². The van der Waals surface area contributed by atoms with Gasteiger partial charge in [-0.3, -0.25) is 9.69 Å². The summed E-state index contributed by atoms with van der Waals surface area (Å²) in [5.41, 5.74) is 4.10. The van der Waals surface area contributed by atoms with Gasteiger partial charge in [-0.2, -0.15) is 10.2 Å². The lowest BCUT2D eigenvalue weighted by atomic mass is 10.1. The molecule has 0 bridgehead atoms. The molecule has 43 heavy (non-hydrogen) atoms. The number of carbonyl (C=O) groups is 1. The number of benzene rings is 4. The summed E-state index contributed by atoms with van der Waals surface area (Å²) >= 11 is 6.24. The van der Waals surface area contributed by atoms with Crippen LogP contribution in [-0.2, 0) is 15.5 Å². The van der Waals surface area contributed by atoms with E-state index in [1.54, 1.807) is 53.2 Å². The van der Waals surface area contributed by atoms with E-state index in [9.17, 15) is 9.18 Å². The topological polar surface area (TPSA) is 72.1 Å². The van der Waals surface area contributed by atoms with Gasteiger partial charge in [-0.05, 0) is 77.4 Å². The second-order valence-corrected chi connectivity index (χ2v) is 11.5. The molecule has 1 atom stereocenters. The van der Waals surface area contributed by atoms with E-state index < -0.39 is 16.5 Å². The average molecular weight is 610 g/mol. The molecule has 0 aliphatic carbocycles. The number of nitrogens with zero attached hydrogens (tertiary/aromatic N) is 5. The predicted octanol–water partition coefficient (Wildman–Crippen LogP) is 7.52. The third kappa shape index (κ3) is 6.18. The summed E-state index contributed by atoms with van der Waals surface area (Å²) in [5, 5.41) is 9.84. The lowest BCUT2D eigenvalue weighted by Crippen LogP contribution is -2.24. The normalized spacial score (nSPS) is 16.1. The number of carbonyl (C=O) groups excluding carboxylic acids is 1. The molecule has 0 spiro atoms. The van der Waals surface area contributed by atoms with Crippen molar-refractivity contribution in [3.63, 3.8) is 0 Å². The fourth-order valence-electron chi connectivity index (χ4n) is 4.57. The van der Waals surface area contributed by atoms with Crippen LogP contribution in [0.25, 0.3) is 23.0 Å². The molecular weight excluding hydrogens is 585 g/mol. The first kappa shape index (κ1) is 28.3. The Kier molecular flexibility index (Phi) is 8.26. The third-order valence-electron chi connectivity index (χ3n) is 6.74. The first-order valence-corrected chi connectivity index (χ1v) is 15.0. The molecule has 4 aromatic carbocycles. The molecule has 0 saturated carbocycles. The Hall–Kier alpha value is -4.86. The number of hydrogen-bond donors (Lipinski definition) is 0. The largest absolute Gasteiger partial charge is 0.497 e. The molecule has 1 fully saturated rings. The third-order valence-corrected chi connectivity index (χ3v) is 8.57. The first-order valence-electron chi connectivity index (χ1n) is 13.3. The molecular formula is C33H25ClFN5O2S. The van der Waals surface area contributed by atoms with Gasteiger partial charge in [0.25, 0.3) is 5.91 Å². The zero-order valence-electron chi connectivity index (χ0n) is 23.0. The maximum absolute atomic E-state index is 14.6. The Bertz CT molecular complexity index is 1890. The van der Waals surface area contributed by atoms with Crippen LogP contribution in [0.5, 0.6) is 5.75 Å². The van der Waals surface area contributed by atoms with Crippen molar-refractivity contribution in [3.8, 4) is 22.7 Å². The second-order valence-electron chi connectivity index (χ2n) is 9.50. The second kappa shape index (κ2) is 12.6. The van der Waals surface area contributed by atoms with Crippen LogP contribution in [0.15, 0.2) is 124 Å². The van der Waals surface area contributed by atoms with E-state index in [-0.39, 0.29) is 5.91 Å². The van der Waals surface area contributed by atoms with Crippen LogP contribution >= 0.6 is 11.6 Å². The summed E-state index contributed by atoms with van der Waals surface area (Å²) in [6.45, 7) is 0. The lowest BCUT2D eigenvalue weighted by molar-refractivity contribution is -0.113. The van der Waals surface area contributed by atoms with Crippen LogP contribution < -0.4 is 9.64 Å². The van der Waals surface area contributed by atoms with Gasteiger partial charge in [-0.25, -0.2) is 9.07 Å². The molecule has 1 saturated heterocycles. The Balaban J connectivity index is 1.40. The van der Waals surface area contributed by atoms with Crippen molar-refractivity contribution in [2.45, 2.75) is 0 Å². The number of aromatic nitrogens is 2. The maximum atomic E-state index is 14.6. The van der Waals surface area contributed by atoms with Gasteiger partial charge in [-0.15, -0.1) is 4.47 Å². The quantitative estimate of drug-likeness (QED) is 0.109. The Morgan fingerprint density at radius 2 is 1.67 bits per heavy atom. The van der Waals surface area contributed by atoms with E-state index in [1.165, 1.54) is 6.07 Å². The van der Waals surface area contributed by atoms with Gasteiger partial charge < -0.3 is 4.74 Å². The van der Waals surface area contributed by atoms with Crippen LogP contribution in [0.1, 0.15) is 11.1 Å². The highest BCUT2D eigenvalue weighted by Gasteiger charge is 2.32. The summed E-state index contributed by atoms with van der Waals surface area (Å²) in [5.74, 6) is 0.385. The van der Waals surface area contributed by atoms with Crippen LogP contribution in [0.2, 0.25) is 5.02 Å². The summed E-state index contributed by atoms with van der Waals surface area (Å²) in [6.07, 6.45) is 5.04. The molecule has 1 amide bonds. The van der Waals surface area contributed by atoms with Gasteiger partial charge in [0.05, 0.1) is 29.8 Å². The molecule has 1 aromatic heterocycles.